The standard InChI is InChI=1S/C20H16N2O5S/c23-17(9-10-19(25)26)21-13-5-4-8-15(11-13)28-16-12-18(24)22(20(16)27)14-6-2-1-3-7-14/h1-11,16H,12H2,(H,21,23)(H,25,26)/b10-9+. The minimum absolute atomic E-state index is 0.0936. The number of benzene rings is 2. The summed E-state index contributed by atoms with van der Waals surface area (Å²) in [5.74, 6) is -2.32. The van der Waals surface area contributed by atoms with Crippen LogP contribution in [0.2, 0.25) is 0 Å². The normalized spacial score (nSPS) is 16.6. The molecule has 3 amide bonds. The highest BCUT2D eigenvalue weighted by Crippen LogP contribution is 2.34. The van der Waals surface area contributed by atoms with Crippen molar-refractivity contribution in [3.05, 3.63) is 66.7 Å². The number of para-hydroxylation sites is 1. The number of carbonyl (C=O) groups is 4. The van der Waals surface area contributed by atoms with Crippen LogP contribution in [0.4, 0.5) is 11.4 Å². The fourth-order valence-corrected chi connectivity index (χ4v) is 3.80. The molecule has 2 aromatic rings. The molecule has 2 aromatic carbocycles. The average molecular weight is 396 g/mol. The second kappa shape index (κ2) is 8.53. The van der Waals surface area contributed by atoms with Crippen molar-refractivity contribution in [2.45, 2.75) is 16.6 Å². The predicted molar refractivity (Wildman–Crippen MR) is 105 cm³/mol. The summed E-state index contributed by atoms with van der Waals surface area (Å²) in [5, 5.41) is 10.6. The monoisotopic (exact) mass is 396 g/mol. The molecule has 1 aliphatic heterocycles. The van der Waals surface area contributed by atoms with Gasteiger partial charge in [-0.15, -0.1) is 11.8 Å². The van der Waals surface area contributed by atoms with Crippen molar-refractivity contribution >= 4 is 46.8 Å². The number of hydrogen-bond acceptors (Lipinski definition) is 5. The van der Waals surface area contributed by atoms with Crippen LogP contribution in [-0.4, -0.2) is 34.0 Å². The number of hydrogen-bond donors (Lipinski definition) is 2. The zero-order valence-corrected chi connectivity index (χ0v) is 15.4. The highest BCUT2D eigenvalue weighted by molar-refractivity contribution is 8.00. The summed E-state index contributed by atoms with van der Waals surface area (Å²) in [7, 11) is 0. The first kappa shape index (κ1) is 19.4. The number of carboxylic acid groups (broad SMARTS) is 1. The summed E-state index contributed by atoms with van der Waals surface area (Å²) < 4.78 is 0. The van der Waals surface area contributed by atoms with Gasteiger partial charge in [0.15, 0.2) is 0 Å². The van der Waals surface area contributed by atoms with Gasteiger partial charge in [0.2, 0.25) is 17.7 Å². The number of amides is 3. The fraction of sp³-hybridized carbons (Fsp3) is 0.100. The molecule has 8 heteroatoms. The van der Waals surface area contributed by atoms with Crippen molar-refractivity contribution in [3.63, 3.8) is 0 Å². The Morgan fingerprint density at radius 2 is 1.82 bits per heavy atom. The van der Waals surface area contributed by atoms with Crippen LogP contribution in [0.3, 0.4) is 0 Å². The zero-order chi connectivity index (χ0) is 20.1. The SMILES string of the molecule is O=C(O)/C=C/C(=O)Nc1cccc(SC2CC(=O)N(c3ccccc3)C2=O)c1. The molecular weight excluding hydrogens is 380 g/mol. The number of nitrogens with zero attached hydrogens (tertiary/aromatic N) is 1. The minimum atomic E-state index is -1.22. The molecule has 0 aliphatic carbocycles. The van der Waals surface area contributed by atoms with E-state index in [1.807, 2.05) is 6.07 Å². The van der Waals surface area contributed by atoms with Gasteiger partial charge in [-0.1, -0.05) is 24.3 Å². The van der Waals surface area contributed by atoms with Crippen LogP contribution in [0, 0.1) is 0 Å². The quantitative estimate of drug-likeness (QED) is 0.575. The van der Waals surface area contributed by atoms with Gasteiger partial charge >= 0.3 is 5.97 Å². The number of rotatable bonds is 6. The molecule has 0 spiro atoms. The third-order valence-corrected chi connectivity index (χ3v) is 5.06. The lowest BCUT2D eigenvalue weighted by molar-refractivity contribution is -0.131. The largest absolute Gasteiger partial charge is 0.478 e. The van der Waals surface area contributed by atoms with Crippen LogP contribution in [0.1, 0.15) is 6.42 Å². The van der Waals surface area contributed by atoms with E-state index < -0.39 is 17.1 Å². The lowest BCUT2D eigenvalue weighted by Crippen LogP contribution is -2.30. The van der Waals surface area contributed by atoms with Crippen molar-refractivity contribution in [2.75, 3.05) is 10.2 Å². The molecule has 1 fully saturated rings. The van der Waals surface area contributed by atoms with E-state index in [1.54, 1.807) is 48.5 Å². The second-order valence-electron chi connectivity index (χ2n) is 5.90. The minimum Gasteiger partial charge on any atom is -0.478 e. The Balaban J connectivity index is 1.69. The molecule has 0 bridgehead atoms. The van der Waals surface area contributed by atoms with E-state index in [4.69, 9.17) is 5.11 Å². The lowest BCUT2D eigenvalue weighted by Gasteiger charge is -2.14. The van der Waals surface area contributed by atoms with Crippen molar-refractivity contribution in [1.82, 2.24) is 0 Å². The van der Waals surface area contributed by atoms with Crippen molar-refractivity contribution in [3.8, 4) is 0 Å². The van der Waals surface area contributed by atoms with Gasteiger partial charge in [-0.3, -0.25) is 14.4 Å². The first-order valence-electron chi connectivity index (χ1n) is 8.34. The van der Waals surface area contributed by atoms with Crippen LogP contribution in [0.15, 0.2) is 71.6 Å². The van der Waals surface area contributed by atoms with Gasteiger partial charge in [0.05, 0.1) is 10.9 Å². The third kappa shape index (κ3) is 4.66. The first-order valence-corrected chi connectivity index (χ1v) is 9.22. The van der Waals surface area contributed by atoms with Gasteiger partial charge in [0.1, 0.15) is 0 Å². The van der Waals surface area contributed by atoms with Crippen molar-refractivity contribution in [1.29, 1.82) is 0 Å². The van der Waals surface area contributed by atoms with Gasteiger partial charge in [-0.25, -0.2) is 9.69 Å². The zero-order valence-electron chi connectivity index (χ0n) is 14.6. The molecule has 7 nitrogen and oxygen atoms in total. The Morgan fingerprint density at radius 1 is 1.07 bits per heavy atom. The topological polar surface area (TPSA) is 104 Å². The number of anilines is 2. The summed E-state index contributed by atoms with van der Waals surface area (Å²) in [4.78, 5) is 49.0. The van der Waals surface area contributed by atoms with Gasteiger partial charge in [0.25, 0.3) is 0 Å². The van der Waals surface area contributed by atoms with E-state index >= 15 is 0 Å². The highest BCUT2D eigenvalue weighted by Gasteiger charge is 2.40. The first-order chi connectivity index (χ1) is 13.4. The van der Waals surface area contributed by atoms with Gasteiger partial charge in [0, 0.05) is 29.2 Å². The maximum absolute atomic E-state index is 12.7. The number of imide groups is 1. The summed E-state index contributed by atoms with van der Waals surface area (Å²) in [6.45, 7) is 0. The van der Waals surface area contributed by atoms with Crippen molar-refractivity contribution in [2.24, 2.45) is 0 Å². The molecule has 1 atom stereocenters. The molecule has 28 heavy (non-hydrogen) atoms. The number of carboxylic acids is 1. The van der Waals surface area contributed by atoms with Gasteiger partial charge < -0.3 is 10.4 Å². The molecule has 1 aliphatic rings. The highest BCUT2D eigenvalue weighted by atomic mass is 32.2. The molecular formula is C20H16N2O5S. The number of carbonyl (C=O) groups excluding carboxylic acids is 3. The predicted octanol–water partition coefficient (Wildman–Crippen LogP) is 2.69. The van der Waals surface area contributed by atoms with Crippen LogP contribution in [0.25, 0.3) is 0 Å². The van der Waals surface area contributed by atoms with E-state index in [0.29, 0.717) is 16.3 Å². The number of thioether (sulfide) groups is 1. The average Bonchev–Trinajstić information content (AvgIpc) is 2.94. The Hall–Kier alpha value is -3.39. The van der Waals surface area contributed by atoms with Crippen LogP contribution in [0.5, 0.6) is 0 Å². The lowest BCUT2D eigenvalue weighted by atomic mass is 10.3. The summed E-state index contributed by atoms with van der Waals surface area (Å²) in [5.41, 5.74) is 1.01. The Labute approximate surface area is 165 Å². The second-order valence-corrected chi connectivity index (χ2v) is 7.18. The maximum atomic E-state index is 12.7. The van der Waals surface area contributed by atoms with Gasteiger partial charge in [-0.05, 0) is 30.3 Å². The molecule has 3 rings (SSSR count). The van der Waals surface area contributed by atoms with E-state index in [1.165, 1.54) is 16.7 Å². The molecule has 1 heterocycles. The summed E-state index contributed by atoms with van der Waals surface area (Å²) >= 11 is 1.25. The van der Waals surface area contributed by atoms with Crippen LogP contribution < -0.4 is 10.2 Å². The molecule has 0 saturated carbocycles. The van der Waals surface area contributed by atoms with Crippen LogP contribution >= 0.6 is 11.8 Å². The Kier molecular flexibility index (Phi) is 5.90. The molecule has 1 saturated heterocycles. The summed E-state index contributed by atoms with van der Waals surface area (Å²) in [6.07, 6.45) is 1.75. The Morgan fingerprint density at radius 3 is 2.54 bits per heavy atom. The number of nitrogens with one attached hydrogen (secondary N) is 1. The molecule has 2 N–H and O–H groups in total. The molecule has 142 valence electrons. The number of aliphatic carboxylic acids is 1. The molecule has 0 radical (unpaired) electrons. The Bertz CT molecular complexity index is 958. The third-order valence-electron chi connectivity index (χ3n) is 3.88. The summed E-state index contributed by atoms with van der Waals surface area (Å²) in [6, 6.07) is 15.6. The smallest absolute Gasteiger partial charge is 0.328 e. The maximum Gasteiger partial charge on any atom is 0.328 e. The van der Waals surface area contributed by atoms with Crippen molar-refractivity contribution < 1.29 is 24.3 Å². The molecule has 1 unspecified atom stereocenters. The van der Waals surface area contributed by atoms with E-state index in [9.17, 15) is 19.2 Å². The van der Waals surface area contributed by atoms with Gasteiger partial charge in [-0.2, -0.15) is 0 Å². The van der Waals surface area contributed by atoms with E-state index in [0.717, 1.165) is 12.2 Å². The molecule has 0 aromatic heterocycles. The van der Waals surface area contributed by atoms with Crippen LogP contribution in [-0.2, 0) is 19.2 Å². The van der Waals surface area contributed by atoms with E-state index in [2.05, 4.69) is 5.32 Å². The van der Waals surface area contributed by atoms with E-state index in [-0.39, 0.29) is 18.2 Å². The fourth-order valence-electron chi connectivity index (χ4n) is 2.69.